The Balaban J connectivity index is 2.00. The van der Waals surface area contributed by atoms with Gasteiger partial charge in [-0.15, -0.1) is 0 Å². The number of nitrogens with zero attached hydrogens (tertiary/aromatic N) is 3. The second-order valence-corrected chi connectivity index (χ2v) is 4.37. The van der Waals surface area contributed by atoms with E-state index in [4.69, 9.17) is 10.8 Å². The highest BCUT2D eigenvalue weighted by Crippen LogP contribution is 2.09. The molecule has 20 heavy (non-hydrogen) atoms. The number of nitrogens with one attached hydrogen (secondary N) is 1. The SMILES string of the molecule is Nc1nc2c(ncn2Cc2ccc([B]O)cc2)c(=O)[nH]1. The molecule has 0 bridgehead atoms. The maximum Gasteiger partial charge on any atom is 0.326 e. The van der Waals surface area contributed by atoms with Gasteiger partial charge in [-0.05, 0) is 5.56 Å². The smallest absolute Gasteiger partial charge is 0.326 e. The molecule has 0 fully saturated rings. The second kappa shape index (κ2) is 4.82. The first-order chi connectivity index (χ1) is 9.67. The lowest BCUT2D eigenvalue weighted by atomic mass is 9.88. The van der Waals surface area contributed by atoms with Gasteiger partial charge in [0.05, 0.1) is 12.9 Å². The van der Waals surface area contributed by atoms with Gasteiger partial charge >= 0.3 is 7.48 Å². The van der Waals surface area contributed by atoms with E-state index in [0.29, 0.717) is 12.2 Å². The predicted molar refractivity (Wildman–Crippen MR) is 75.7 cm³/mol. The van der Waals surface area contributed by atoms with Gasteiger partial charge in [-0.1, -0.05) is 29.7 Å². The van der Waals surface area contributed by atoms with Crippen LogP contribution in [0.15, 0.2) is 35.4 Å². The molecule has 3 aromatic rings. The zero-order valence-corrected chi connectivity index (χ0v) is 10.4. The number of imidazole rings is 1. The van der Waals surface area contributed by atoms with Crippen molar-refractivity contribution in [2.24, 2.45) is 0 Å². The lowest BCUT2D eigenvalue weighted by molar-refractivity contribution is 0.615. The molecule has 0 saturated carbocycles. The van der Waals surface area contributed by atoms with E-state index < -0.39 is 0 Å². The average Bonchev–Trinajstić information content (AvgIpc) is 2.83. The van der Waals surface area contributed by atoms with E-state index >= 15 is 0 Å². The van der Waals surface area contributed by atoms with Crippen molar-refractivity contribution in [1.29, 1.82) is 0 Å². The van der Waals surface area contributed by atoms with Crippen LogP contribution in [0.4, 0.5) is 5.95 Å². The summed E-state index contributed by atoms with van der Waals surface area (Å²) in [7, 11) is 1.04. The van der Waals surface area contributed by atoms with Crippen LogP contribution < -0.4 is 16.8 Å². The number of H-pyrrole nitrogens is 1. The number of aromatic nitrogens is 4. The first-order valence-electron chi connectivity index (χ1n) is 5.94. The molecule has 2 aromatic heterocycles. The first kappa shape index (κ1) is 12.4. The number of aromatic amines is 1. The van der Waals surface area contributed by atoms with Crippen molar-refractivity contribution in [2.75, 3.05) is 5.73 Å². The predicted octanol–water partition coefficient (Wildman–Crippen LogP) is -1.01. The lowest BCUT2D eigenvalue weighted by Crippen LogP contribution is -2.14. The van der Waals surface area contributed by atoms with Crippen molar-refractivity contribution in [3.63, 3.8) is 0 Å². The van der Waals surface area contributed by atoms with Crippen LogP contribution in [-0.4, -0.2) is 32.0 Å². The van der Waals surface area contributed by atoms with Crippen molar-refractivity contribution < 1.29 is 5.02 Å². The number of fused-ring (bicyclic) bond motifs is 1. The van der Waals surface area contributed by atoms with Crippen LogP contribution in [0.25, 0.3) is 11.2 Å². The van der Waals surface area contributed by atoms with Crippen LogP contribution in [-0.2, 0) is 6.54 Å². The largest absolute Gasteiger partial charge is 0.450 e. The highest BCUT2D eigenvalue weighted by atomic mass is 16.2. The Bertz CT molecular complexity index is 809. The van der Waals surface area contributed by atoms with E-state index in [1.807, 2.05) is 12.1 Å². The fraction of sp³-hybridized carbons (Fsp3) is 0.0833. The Morgan fingerprint density at radius 3 is 2.80 bits per heavy atom. The molecular weight excluding hydrogens is 257 g/mol. The summed E-state index contributed by atoms with van der Waals surface area (Å²) in [5, 5.41) is 8.89. The van der Waals surface area contributed by atoms with Crippen molar-refractivity contribution in [3.05, 3.63) is 46.5 Å². The molecule has 0 atom stereocenters. The summed E-state index contributed by atoms with van der Waals surface area (Å²) in [6, 6.07) is 7.35. The molecule has 0 aliphatic rings. The van der Waals surface area contributed by atoms with Crippen LogP contribution >= 0.6 is 0 Å². The second-order valence-electron chi connectivity index (χ2n) is 4.37. The van der Waals surface area contributed by atoms with Gasteiger partial charge < -0.3 is 15.3 Å². The summed E-state index contributed by atoms with van der Waals surface area (Å²) in [4.78, 5) is 22.2. The first-order valence-corrected chi connectivity index (χ1v) is 5.94. The molecule has 0 aliphatic heterocycles. The minimum atomic E-state index is -0.350. The minimum Gasteiger partial charge on any atom is -0.450 e. The van der Waals surface area contributed by atoms with Gasteiger partial charge in [0.2, 0.25) is 5.95 Å². The van der Waals surface area contributed by atoms with Crippen molar-refractivity contribution in [1.82, 2.24) is 19.5 Å². The van der Waals surface area contributed by atoms with Crippen molar-refractivity contribution >= 4 is 30.1 Å². The normalized spacial score (nSPS) is 10.8. The molecular formula is C12H11BN5O2. The average molecular weight is 268 g/mol. The number of nitrogen functional groups attached to an aromatic ring is 1. The maximum absolute atomic E-state index is 11.7. The summed E-state index contributed by atoms with van der Waals surface area (Å²) >= 11 is 0. The van der Waals surface area contributed by atoms with Gasteiger partial charge in [0.1, 0.15) is 0 Å². The lowest BCUT2D eigenvalue weighted by Gasteiger charge is -2.05. The molecule has 1 radical (unpaired) electrons. The molecule has 0 unspecified atom stereocenters. The quantitative estimate of drug-likeness (QED) is 0.527. The van der Waals surface area contributed by atoms with Gasteiger partial charge in [-0.3, -0.25) is 9.78 Å². The van der Waals surface area contributed by atoms with Gasteiger partial charge in [-0.25, -0.2) is 4.98 Å². The van der Waals surface area contributed by atoms with E-state index in [0.717, 1.165) is 18.5 Å². The van der Waals surface area contributed by atoms with Crippen LogP contribution in [0.1, 0.15) is 5.56 Å². The number of nitrogens with two attached hydrogens (primary N) is 1. The maximum atomic E-state index is 11.7. The summed E-state index contributed by atoms with van der Waals surface area (Å²) in [5.74, 6) is 0.0643. The number of rotatable bonds is 3. The monoisotopic (exact) mass is 268 g/mol. The molecule has 99 valence electrons. The van der Waals surface area contributed by atoms with E-state index in [1.54, 1.807) is 23.0 Å². The molecule has 2 heterocycles. The molecule has 8 heteroatoms. The summed E-state index contributed by atoms with van der Waals surface area (Å²) in [6.45, 7) is 0.512. The van der Waals surface area contributed by atoms with E-state index in [1.165, 1.54) is 0 Å². The summed E-state index contributed by atoms with van der Waals surface area (Å²) < 4.78 is 1.75. The van der Waals surface area contributed by atoms with Gasteiger partial charge in [-0.2, -0.15) is 4.98 Å². The summed E-state index contributed by atoms with van der Waals surface area (Å²) in [5.41, 5.74) is 7.63. The number of hydrogen-bond acceptors (Lipinski definition) is 5. The summed E-state index contributed by atoms with van der Waals surface area (Å²) in [6.07, 6.45) is 1.55. The van der Waals surface area contributed by atoms with Crippen molar-refractivity contribution in [2.45, 2.75) is 6.54 Å². The van der Waals surface area contributed by atoms with Gasteiger partial charge in [0.25, 0.3) is 5.56 Å². The third-order valence-corrected chi connectivity index (χ3v) is 2.97. The van der Waals surface area contributed by atoms with Crippen molar-refractivity contribution in [3.8, 4) is 0 Å². The molecule has 1 aromatic carbocycles. The van der Waals surface area contributed by atoms with Crippen LogP contribution in [0.2, 0.25) is 0 Å². The molecule has 3 rings (SSSR count). The molecule has 0 aliphatic carbocycles. The number of anilines is 1. The Morgan fingerprint density at radius 1 is 1.35 bits per heavy atom. The zero-order valence-electron chi connectivity index (χ0n) is 10.4. The highest BCUT2D eigenvalue weighted by Gasteiger charge is 2.09. The highest BCUT2D eigenvalue weighted by molar-refractivity contribution is 6.45. The van der Waals surface area contributed by atoms with E-state index in [2.05, 4.69) is 15.0 Å². The zero-order chi connectivity index (χ0) is 14.1. The van der Waals surface area contributed by atoms with Gasteiger partial charge in [0.15, 0.2) is 11.2 Å². The van der Waals surface area contributed by atoms with Crippen LogP contribution in [0.5, 0.6) is 0 Å². The molecule has 4 N–H and O–H groups in total. The molecule has 0 amide bonds. The standard InChI is InChI=1S/C12H11BN5O2/c14-12-16-10-9(11(19)17-12)15-6-18(10)5-7-1-3-8(13-20)4-2-7/h1-4,6,20H,5H2,(H3,14,16,17,19). The molecule has 7 nitrogen and oxygen atoms in total. The Kier molecular flexibility index (Phi) is 3.00. The topological polar surface area (TPSA) is 110 Å². The van der Waals surface area contributed by atoms with E-state index in [-0.39, 0.29) is 17.0 Å². The third kappa shape index (κ3) is 2.16. The van der Waals surface area contributed by atoms with Gasteiger partial charge in [0, 0.05) is 0 Å². The third-order valence-electron chi connectivity index (χ3n) is 2.97. The van der Waals surface area contributed by atoms with E-state index in [9.17, 15) is 4.79 Å². The minimum absolute atomic E-state index is 0.0643. The fourth-order valence-electron chi connectivity index (χ4n) is 1.99. The van der Waals surface area contributed by atoms with Crippen LogP contribution in [0.3, 0.4) is 0 Å². The number of benzene rings is 1. The Hall–Kier alpha value is -2.61. The Labute approximate surface area is 114 Å². The number of hydrogen-bond donors (Lipinski definition) is 3. The fourth-order valence-corrected chi connectivity index (χ4v) is 1.99. The van der Waals surface area contributed by atoms with Crippen LogP contribution in [0, 0.1) is 0 Å². The Morgan fingerprint density at radius 2 is 2.10 bits per heavy atom. The molecule has 0 saturated heterocycles. The molecule has 0 spiro atoms.